The standard InChI is InChI=1S/C11H13N3OS/c15-10-12-13-11(16)14(10)8-4-7-9-5-2-1-3-6-9/h1-3,5-6H,4,7-8H2,(H,12,15)(H,13,16). The summed E-state index contributed by atoms with van der Waals surface area (Å²) in [4.78, 5) is 11.3. The molecular weight excluding hydrogens is 222 g/mol. The van der Waals surface area contributed by atoms with Crippen molar-refractivity contribution in [1.82, 2.24) is 14.8 Å². The molecule has 0 aliphatic rings. The molecule has 84 valence electrons. The lowest BCUT2D eigenvalue weighted by atomic mass is 10.1. The van der Waals surface area contributed by atoms with Gasteiger partial charge in [-0.3, -0.25) is 9.67 Å². The van der Waals surface area contributed by atoms with Gasteiger partial charge in [0.15, 0.2) is 4.77 Å². The van der Waals surface area contributed by atoms with Gasteiger partial charge in [-0.1, -0.05) is 30.3 Å². The molecule has 0 bridgehead atoms. The zero-order valence-corrected chi connectivity index (χ0v) is 9.59. The first kappa shape index (κ1) is 10.9. The highest BCUT2D eigenvalue weighted by Gasteiger charge is 1.99. The molecule has 2 N–H and O–H groups in total. The molecule has 0 saturated heterocycles. The van der Waals surface area contributed by atoms with Gasteiger partial charge in [0.05, 0.1) is 0 Å². The SMILES string of the molecule is O=c1[nH][nH]c(=S)n1CCCc1ccccc1. The van der Waals surface area contributed by atoms with Crippen LogP contribution in [0, 0.1) is 4.77 Å². The second-order valence-corrected chi connectivity index (χ2v) is 3.99. The monoisotopic (exact) mass is 235 g/mol. The molecule has 1 heterocycles. The number of H-pyrrole nitrogens is 2. The van der Waals surface area contributed by atoms with Crippen molar-refractivity contribution in [2.45, 2.75) is 19.4 Å². The van der Waals surface area contributed by atoms with Crippen LogP contribution >= 0.6 is 12.2 Å². The van der Waals surface area contributed by atoms with Crippen molar-refractivity contribution in [2.24, 2.45) is 0 Å². The van der Waals surface area contributed by atoms with Crippen LogP contribution in [0.4, 0.5) is 0 Å². The molecule has 0 fully saturated rings. The van der Waals surface area contributed by atoms with Crippen LogP contribution < -0.4 is 5.69 Å². The zero-order valence-electron chi connectivity index (χ0n) is 8.77. The summed E-state index contributed by atoms with van der Waals surface area (Å²) in [5.74, 6) is 0. The van der Waals surface area contributed by atoms with Gasteiger partial charge in [-0.15, -0.1) is 0 Å². The summed E-state index contributed by atoms with van der Waals surface area (Å²) >= 11 is 4.98. The molecular formula is C11H13N3OS. The number of hydrogen-bond donors (Lipinski definition) is 2. The molecule has 0 atom stereocenters. The second kappa shape index (κ2) is 4.94. The van der Waals surface area contributed by atoms with Gasteiger partial charge in [-0.05, 0) is 30.6 Å². The second-order valence-electron chi connectivity index (χ2n) is 3.60. The third-order valence-corrected chi connectivity index (χ3v) is 2.78. The van der Waals surface area contributed by atoms with Gasteiger partial charge >= 0.3 is 5.69 Å². The van der Waals surface area contributed by atoms with E-state index >= 15 is 0 Å². The van der Waals surface area contributed by atoms with E-state index in [1.54, 1.807) is 0 Å². The Bertz CT molecular complexity index is 525. The van der Waals surface area contributed by atoms with Crippen LogP contribution in [0.2, 0.25) is 0 Å². The van der Waals surface area contributed by atoms with Crippen molar-refractivity contribution in [3.63, 3.8) is 0 Å². The van der Waals surface area contributed by atoms with Crippen molar-refractivity contribution >= 4 is 12.2 Å². The molecule has 0 saturated carbocycles. The van der Waals surface area contributed by atoms with Crippen LogP contribution in [0.25, 0.3) is 0 Å². The van der Waals surface area contributed by atoms with E-state index in [1.807, 2.05) is 18.2 Å². The van der Waals surface area contributed by atoms with Crippen molar-refractivity contribution < 1.29 is 0 Å². The number of aryl methyl sites for hydroxylation is 1. The predicted octanol–water partition coefficient (Wildman–Crippen LogP) is 1.87. The summed E-state index contributed by atoms with van der Waals surface area (Å²) in [5.41, 5.74) is 1.11. The average Bonchev–Trinajstić information content (AvgIpc) is 2.62. The number of aromatic nitrogens is 3. The number of nitrogens with one attached hydrogen (secondary N) is 2. The highest BCUT2D eigenvalue weighted by molar-refractivity contribution is 7.71. The molecule has 2 aromatic rings. The van der Waals surface area contributed by atoms with E-state index in [-0.39, 0.29) is 5.69 Å². The summed E-state index contributed by atoms with van der Waals surface area (Å²) in [6.07, 6.45) is 1.85. The summed E-state index contributed by atoms with van der Waals surface area (Å²) in [6, 6.07) is 10.2. The Hall–Kier alpha value is -1.62. The Kier molecular flexibility index (Phi) is 3.36. The van der Waals surface area contributed by atoms with Crippen LogP contribution in [0.15, 0.2) is 35.1 Å². The molecule has 4 nitrogen and oxygen atoms in total. The maximum Gasteiger partial charge on any atom is 0.342 e. The molecule has 2 rings (SSSR count). The number of aromatic amines is 2. The fourth-order valence-corrected chi connectivity index (χ4v) is 1.85. The van der Waals surface area contributed by atoms with Gasteiger partial charge < -0.3 is 0 Å². The zero-order chi connectivity index (χ0) is 11.4. The Morgan fingerprint density at radius 1 is 1.19 bits per heavy atom. The third-order valence-electron chi connectivity index (χ3n) is 2.46. The van der Waals surface area contributed by atoms with Crippen molar-refractivity contribution in [1.29, 1.82) is 0 Å². The third kappa shape index (κ3) is 2.49. The van der Waals surface area contributed by atoms with Gasteiger partial charge in [0, 0.05) is 6.54 Å². The minimum absolute atomic E-state index is 0.168. The van der Waals surface area contributed by atoms with Crippen molar-refractivity contribution in [3.05, 3.63) is 51.2 Å². The lowest BCUT2D eigenvalue weighted by Gasteiger charge is -2.01. The molecule has 0 unspecified atom stereocenters. The molecule has 0 aliphatic heterocycles. The smallest absolute Gasteiger partial charge is 0.272 e. The molecule has 16 heavy (non-hydrogen) atoms. The fraction of sp³-hybridized carbons (Fsp3) is 0.273. The Labute approximate surface area is 97.9 Å². The first-order chi connectivity index (χ1) is 7.77. The molecule has 5 heteroatoms. The maximum atomic E-state index is 11.3. The topological polar surface area (TPSA) is 53.6 Å². The molecule has 1 aromatic carbocycles. The van der Waals surface area contributed by atoms with E-state index < -0.39 is 0 Å². The number of rotatable bonds is 4. The average molecular weight is 235 g/mol. The minimum Gasteiger partial charge on any atom is -0.272 e. The number of benzene rings is 1. The van der Waals surface area contributed by atoms with Crippen LogP contribution in [0.3, 0.4) is 0 Å². The normalized spacial score (nSPS) is 10.5. The Balaban J connectivity index is 1.95. The summed E-state index contributed by atoms with van der Waals surface area (Å²) in [6.45, 7) is 0.645. The van der Waals surface area contributed by atoms with E-state index in [0.717, 1.165) is 12.8 Å². The van der Waals surface area contributed by atoms with E-state index in [1.165, 1.54) is 10.1 Å². The van der Waals surface area contributed by atoms with Crippen LogP contribution in [-0.2, 0) is 13.0 Å². The predicted molar refractivity (Wildman–Crippen MR) is 65.0 cm³/mol. The van der Waals surface area contributed by atoms with Gasteiger partial charge in [0.25, 0.3) is 0 Å². The van der Waals surface area contributed by atoms with E-state index in [4.69, 9.17) is 12.2 Å². The van der Waals surface area contributed by atoms with E-state index in [9.17, 15) is 4.79 Å². The summed E-state index contributed by atoms with van der Waals surface area (Å²) < 4.78 is 2.00. The van der Waals surface area contributed by atoms with Gasteiger partial charge in [-0.2, -0.15) is 0 Å². The molecule has 0 aliphatic carbocycles. The lowest BCUT2D eigenvalue weighted by molar-refractivity contribution is 0.617. The first-order valence-corrected chi connectivity index (χ1v) is 5.59. The van der Waals surface area contributed by atoms with Crippen LogP contribution in [0.5, 0.6) is 0 Å². The molecule has 0 amide bonds. The van der Waals surface area contributed by atoms with E-state index in [2.05, 4.69) is 22.3 Å². The largest absolute Gasteiger partial charge is 0.342 e. The lowest BCUT2D eigenvalue weighted by Crippen LogP contribution is -2.17. The summed E-state index contributed by atoms with van der Waals surface area (Å²) in [5, 5.41) is 5.09. The van der Waals surface area contributed by atoms with Crippen molar-refractivity contribution in [3.8, 4) is 0 Å². The van der Waals surface area contributed by atoms with Crippen LogP contribution in [0.1, 0.15) is 12.0 Å². The van der Waals surface area contributed by atoms with Gasteiger partial charge in [0.2, 0.25) is 0 Å². The number of nitrogens with zero attached hydrogens (tertiary/aromatic N) is 1. The van der Waals surface area contributed by atoms with Gasteiger partial charge in [0.1, 0.15) is 0 Å². The first-order valence-electron chi connectivity index (χ1n) is 5.19. The Morgan fingerprint density at radius 2 is 1.94 bits per heavy atom. The highest BCUT2D eigenvalue weighted by Crippen LogP contribution is 2.03. The minimum atomic E-state index is -0.168. The maximum absolute atomic E-state index is 11.3. The highest BCUT2D eigenvalue weighted by atomic mass is 32.1. The quantitative estimate of drug-likeness (QED) is 0.795. The molecule has 1 aromatic heterocycles. The van der Waals surface area contributed by atoms with Gasteiger partial charge in [-0.25, -0.2) is 9.89 Å². The van der Waals surface area contributed by atoms with Crippen molar-refractivity contribution in [2.75, 3.05) is 0 Å². The summed E-state index contributed by atoms with van der Waals surface area (Å²) in [7, 11) is 0. The molecule has 0 spiro atoms. The Morgan fingerprint density at radius 3 is 2.56 bits per heavy atom. The van der Waals surface area contributed by atoms with E-state index in [0.29, 0.717) is 11.3 Å². The molecule has 0 radical (unpaired) electrons. The van der Waals surface area contributed by atoms with Crippen LogP contribution in [-0.4, -0.2) is 14.8 Å². The fourth-order valence-electron chi connectivity index (χ4n) is 1.62. The number of hydrogen-bond acceptors (Lipinski definition) is 2.